The molecule has 0 saturated heterocycles. The van der Waals surface area contributed by atoms with Crippen LogP contribution in [0.4, 0.5) is 24.1 Å². The summed E-state index contributed by atoms with van der Waals surface area (Å²) in [4.78, 5) is 14.1. The van der Waals surface area contributed by atoms with Crippen LogP contribution in [0.1, 0.15) is 43.1 Å². The van der Waals surface area contributed by atoms with Gasteiger partial charge in [-0.15, -0.1) is 22.7 Å². The first-order valence-corrected chi connectivity index (χ1v) is 11.4. The van der Waals surface area contributed by atoms with Crippen molar-refractivity contribution >= 4 is 33.6 Å². The van der Waals surface area contributed by atoms with Crippen LogP contribution in [0.2, 0.25) is 0 Å². The van der Waals surface area contributed by atoms with E-state index in [-0.39, 0.29) is 6.54 Å². The van der Waals surface area contributed by atoms with Gasteiger partial charge < -0.3 is 15.7 Å². The number of hydrogen-bond donors (Lipinski definition) is 3. The minimum absolute atomic E-state index is 0.0767. The van der Waals surface area contributed by atoms with Crippen LogP contribution in [-0.2, 0) is 6.54 Å². The Morgan fingerprint density at radius 3 is 2.45 bits per heavy atom. The Morgan fingerprint density at radius 2 is 1.90 bits per heavy atom. The van der Waals surface area contributed by atoms with E-state index in [9.17, 15) is 18.3 Å². The normalized spacial score (nSPS) is 14.1. The fraction of sp³-hybridized carbons (Fsp3) is 0.450. The highest BCUT2D eigenvalue weighted by molar-refractivity contribution is 7.17. The summed E-state index contributed by atoms with van der Waals surface area (Å²) < 4.78 is 39.2. The summed E-state index contributed by atoms with van der Waals surface area (Å²) in [5, 5.41) is 18.6. The molecule has 0 aliphatic rings. The topological polar surface area (TPSA) is 83.0 Å². The van der Waals surface area contributed by atoms with Gasteiger partial charge in [-0.2, -0.15) is 13.2 Å². The van der Waals surface area contributed by atoms with Crippen molar-refractivity contribution in [3.05, 3.63) is 40.0 Å². The van der Waals surface area contributed by atoms with Gasteiger partial charge in [-0.1, -0.05) is 19.9 Å². The molecule has 0 bridgehead atoms. The lowest BCUT2D eigenvalue weighted by atomic mass is 10.0. The molecule has 3 aromatic heterocycles. The molecule has 3 aromatic rings. The minimum atomic E-state index is -4.29. The molecule has 168 valence electrons. The molecule has 0 amide bonds. The largest absolute Gasteiger partial charge is 0.404 e. The van der Waals surface area contributed by atoms with E-state index in [1.165, 1.54) is 36.5 Å². The fourth-order valence-corrected chi connectivity index (χ4v) is 4.69. The Bertz CT molecular complexity index is 999. The summed E-state index contributed by atoms with van der Waals surface area (Å²) in [5.41, 5.74) is 2.24. The molecule has 6 nitrogen and oxygen atoms in total. The quantitative estimate of drug-likeness (QED) is 0.406. The summed E-state index contributed by atoms with van der Waals surface area (Å²) in [6.45, 7) is 6.71. The zero-order chi connectivity index (χ0) is 22.8. The van der Waals surface area contributed by atoms with E-state index in [1.54, 1.807) is 25.3 Å². The molecule has 31 heavy (non-hydrogen) atoms. The van der Waals surface area contributed by atoms with Crippen LogP contribution in [0.5, 0.6) is 0 Å². The zero-order valence-electron chi connectivity index (χ0n) is 17.5. The van der Waals surface area contributed by atoms with Crippen molar-refractivity contribution in [3.63, 3.8) is 0 Å². The number of nitrogens with zero attached hydrogens (tertiary/aromatic N) is 3. The minimum Gasteiger partial charge on any atom is -0.386 e. The number of hydrogen-bond acceptors (Lipinski definition) is 8. The van der Waals surface area contributed by atoms with Crippen LogP contribution in [0.3, 0.4) is 0 Å². The number of rotatable bonds is 8. The third-order valence-corrected chi connectivity index (χ3v) is 6.62. The van der Waals surface area contributed by atoms with E-state index in [4.69, 9.17) is 0 Å². The molecule has 2 atom stereocenters. The molecule has 3 heterocycles. The van der Waals surface area contributed by atoms with Gasteiger partial charge in [0.2, 0.25) is 0 Å². The second kappa shape index (κ2) is 9.60. The molecule has 3 N–H and O–H groups in total. The molecule has 1 unspecified atom stereocenters. The molecule has 0 aliphatic carbocycles. The predicted octanol–water partition coefficient (Wildman–Crippen LogP) is 5.44. The molecule has 3 rings (SSSR count). The maximum atomic E-state index is 13.1. The van der Waals surface area contributed by atoms with Gasteiger partial charge >= 0.3 is 6.18 Å². The molecule has 0 radical (unpaired) electrons. The number of pyridine rings is 1. The Hall–Kier alpha value is -2.08. The number of aryl methyl sites for hydroxylation is 1. The number of aliphatic hydroxyl groups is 1. The van der Waals surface area contributed by atoms with Crippen molar-refractivity contribution in [1.82, 2.24) is 20.3 Å². The van der Waals surface area contributed by atoms with Crippen molar-refractivity contribution in [3.8, 4) is 10.6 Å². The maximum absolute atomic E-state index is 13.1. The van der Waals surface area contributed by atoms with Crippen LogP contribution in [0.25, 0.3) is 10.6 Å². The predicted molar refractivity (Wildman–Crippen MR) is 118 cm³/mol. The van der Waals surface area contributed by atoms with Crippen molar-refractivity contribution in [2.45, 2.75) is 52.6 Å². The number of halogens is 3. The molecule has 0 aliphatic heterocycles. The van der Waals surface area contributed by atoms with E-state index in [0.29, 0.717) is 21.5 Å². The standard InChI is InChI=1S/C20H24F3N5OS2/c1-10(2)17(20(21,22)23)25-8-13-5-6-15(24-7-13)28-19-27-14(9-30-19)16-11(3)26-18(31-16)12(4)29/h5-7,9-10,12,17,25,29H,8H2,1-4H3,(H,24,27,28)/t12-,17?/m0/s1. The molecule has 0 aromatic carbocycles. The van der Waals surface area contributed by atoms with E-state index >= 15 is 0 Å². The van der Waals surface area contributed by atoms with E-state index < -0.39 is 24.2 Å². The Labute approximate surface area is 186 Å². The van der Waals surface area contributed by atoms with Gasteiger partial charge in [-0.25, -0.2) is 15.0 Å². The van der Waals surface area contributed by atoms with Gasteiger partial charge in [-0.3, -0.25) is 0 Å². The van der Waals surface area contributed by atoms with Gasteiger partial charge in [-0.05, 0) is 31.4 Å². The van der Waals surface area contributed by atoms with Gasteiger partial charge in [0.05, 0.1) is 16.3 Å². The average Bonchev–Trinajstić information content (AvgIpc) is 3.28. The van der Waals surface area contributed by atoms with Crippen molar-refractivity contribution < 1.29 is 18.3 Å². The number of aliphatic hydroxyl groups excluding tert-OH is 1. The highest BCUT2D eigenvalue weighted by atomic mass is 32.1. The summed E-state index contributed by atoms with van der Waals surface area (Å²) in [6.07, 6.45) is -3.38. The first kappa shape index (κ1) is 23.6. The Morgan fingerprint density at radius 1 is 1.16 bits per heavy atom. The van der Waals surface area contributed by atoms with Crippen molar-refractivity contribution in [2.75, 3.05) is 5.32 Å². The Kier molecular flexibility index (Phi) is 7.30. The van der Waals surface area contributed by atoms with E-state index in [1.807, 2.05) is 12.3 Å². The lowest BCUT2D eigenvalue weighted by molar-refractivity contribution is -0.165. The zero-order valence-corrected chi connectivity index (χ0v) is 19.1. The third-order valence-electron chi connectivity index (χ3n) is 4.51. The van der Waals surface area contributed by atoms with Crippen LogP contribution in [0.15, 0.2) is 23.7 Å². The van der Waals surface area contributed by atoms with E-state index in [2.05, 4.69) is 25.6 Å². The molecular formula is C20H24F3N5OS2. The number of aromatic nitrogens is 3. The van der Waals surface area contributed by atoms with Crippen LogP contribution >= 0.6 is 22.7 Å². The van der Waals surface area contributed by atoms with E-state index in [0.717, 1.165) is 16.3 Å². The SMILES string of the molecule is Cc1nc([C@H](C)O)sc1-c1csc(Nc2ccc(CNC(C(C)C)C(F)(F)F)cn2)n1. The maximum Gasteiger partial charge on any atom is 0.404 e. The van der Waals surface area contributed by atoms with Gasteiger partial charge in [0.1, 0.15) is 23.0 Å². The molecule has 0 saturated carbocycles. The van der Waals surface area contributed by atoms with Crippen LogP contribution in [-0.4, -0.2) is 32.3 Å². The summed E-state index contributed by atoms with van der Waals surface area (Å²) in [7, 11) is 0. The lowest BCUT2D eigenvalue weighted by Crippen LogP contribution is -2.45. The monoisotopic (exact) mass is 471 g/mol. The highest BCUT2D eigenvalue weighted by Crippen LogP contribution is 2.35. The second-order valence-electron chi connectivity index (χ2n) is 7.50. The van der Waals surface area contributed by atoms with Gasteiger partial charge in [0.25, 0.3) is 0 Å². The van der Waals surface area contributed by atoms with Crippen LogP contribution in [0, 0.1) is 12.8 Å². The van der Waals surface area contributed by atoms with Crippen molar-refractivity contribution in [2.24, 2.45) is 5.92 Å². The smallest absolute Gasteiger partial charge is 0.386 e. The number of thiazole rings is 2. The molecule has 0 fully saturated rings. The lowest BCUT2D eigenvalue weighted by Gasteiger charge is -2.25. The summed E-state index contributed by atoms with van der Waals surface area (Å²) >= 11 is 2.81. The average molecular weight is 472 g/mol. The molecule has 0 spiro atoms. The summed E-state index contributed by atoms with van der Waals surface area (Å²) in [6, 6.07) is 1.87. The second-order valence-corrected chi connectivity index (χ2v) is 9.39. The fourth-order valence-electron chi connectivity index (χ4n) is 2.94. The molecular weight excluding hydrogens is 447 g/mol. The number of anilines is 2. The molecule has 11 heteroatoms. The van der Waals surface area contributed by atoms with Crippen LogP contribution < -0.4 is 10.6 Å². The highest BCUT2D eigenvalue weighted by Gasteiger charge is 2.41. The summed E-state index contributed by atoms with van der Waals surface area (Å²) in [5.74, 6) is -0.0153. The Balaban J connectivity index is 1.63. The first-order valence-electron chi connectivity index (χ1n) is 9.68. The first-order chi connectivity index (χ1) is 14.5. The van der Waals surface area contributed by atoms with Gasteiger partial charge in [0.15, 0.2) is 5.13 Å². The number of nitrogens with one attached hydrogen (secondary N) is 2. The number of alkyl halides is 3. The third kappa shape index (κ3) is 6.00. The van der Waals surface area contributed by atoms with Gasteiger partial charge in [0, 0.05) is 18.1 Å². The van der Waals surface area contributed by atoms with Crippen molar-refractivity contribution in [1.29, 1.82) is 0 Å².